The van der Waals surface area contributed by atoms with Crippen LogP contribution in [0.2, 0.25) is 0 Å². The number of sulfone groups is 2. The van der Waals surface area contributed by atoms with Crippen molar-refractivity contribution in [2.75, 3.05) is 5.75 Å². The van der Waals surface area contributed by atoms with Crippen LogP contribution in [0.3, 0.4) is 0 Å². The Hall–Kier alpha value is -1.47. The van der Waals surface area contributed by atoms with E-state index in [1.807, 2.05) is 0 Å². The first-order valence-electron chi connectivity index (χ1n) is 6.54. The van der Waals surface area contributed by atoms with Crippen LogP contribution in [0.25, 0.3) is 0 Å². The minimum Gasteiger partial charge on any atom is -0.303 e. The standard InChI is InChI=1S/C14H16O5S2/c15-9-5-4-8-13-10-14(11-20(13,16)17)21(18,19)12-6-2-1-3-7-12/h1-3,6-7,9-10,13H,4-5,8,11H2. The Morgan fingerprint density at radius 3 is 2.48 bits per heavy atom. The molecule has 1 aliphatic rings. The molecular formula is C14H16O5S2. The molecule has 0 radical (unpaired) electrons. The first-order chi connectivity index (χ1) is 9.88. The van der Waals surface area contributed by atoms with Crippen molar-refractivity contribution in [2.24, 2.45) is 0 Å². The van der Waals surface area contributed by atoms with E-state index in [4.69, 9.17) is 0 Å². The zero-order chi connectivity index (χ0) is 15.5. The monoisotopic (exact) mass is 328 g/mol. The van der Waals surface area contributed by atoms with E-state index >= 15 is 0 Å². The molecule has 1 heterocycles. The van der Waals surface area contributed by atoms with E-state index in [-0.39, 0.29) is 22.6 Å². The summed E-state index contributed by atoms with van der Waals surface area (Å²) >= 11 is 0. The van der Waals surface area contributed by atoms with Crippen molar-refractivity contribution in [3.05, 3.63) is 41.3 Å². The molecule has 0 bridgehead atoms. The smallest absolute Gasteiger partial charge is 0.203 e. The molecular weight excluding hydrogens is 312 g/mol. The fourth-order valence-electron chi connectivity index (χ4n) is 2.25. The van der Waals surface area contributed by atoms with Crippen LogP contribution >= 0.6 is 0 Å². The summed E-state index contributed by atoms with van der Waals surface area (Å²) in [5.41, 5.74) is 0. The number of benzene rings is 1. The second kappa shape index (κ2) is 6.11. The molecule has 0 aromatic heterocycles. The van der Waals surface area contributed by atoms with Gasteiger partial charge in [-0.2, -0.15) is 0 Å². The Kier molecular flexibility index (Phi) is 4.63. The first-order valence-corrected chi connectivity index (χ1v) is 9.74. The lowest BCUT2D eigenvalue weighted by Gasteiger charge is -2.05. The van der Waals surface area contributed by atoms with Gasteiger partial charge in [0.15, 0.2) is 9.84 Å². The third kappa shape index (κ3) is 3.41. The molecule has 0 saturated heterocycles. The molecule has 1 aromatic carbocycles. The van der Waals surface area contributed by atoms with Crippen molar-refractivity contribution in [1.29, 1.82) is 0 Å². The highest BCUT2D eigenvalue weighted by atomic mass is 32.2. The van der Waals surface area contributed by atoms with Crippen LogP contribution in [0.1, 0.15) is 19.3 Å². The second-order valence-corrected chi connectivity index (χ2v) is 9.12. The quantitative estimate of drug-likeness (QED) is 0.584. The number of rotatable bonds is 6. The van der Waals surface area contributed by atoms with Crippen molar-refractivity contribution in [3.8, 4) is 0 Å². The van der Waals surface area contributed by atoms with Gasteiger partial charge in [-0.25, -0.2) is 16.8 Å². The molecule has 114 valence electrons. The van der Waals surface area contributed by atoms with Gasteiger partial charge >= 0.3 is 0 Å². The van der Waals surface area contributed by atoms with Gasteiger partial charge in [0.1, 0.15) is 6.29 Å². The maximum atomic E-state index is 12.4. The lowest BCUT2D eigenvalue weighted by atomic mass is 10.2. The Morgan fingerprint density at radius 1 is 1.19 bits per heavy atom. The van der Waals surface area contributed by atoms with E-state index in [2.05, 4.69) is 0 Å². The lowest BCUT2D eigenvalue weighted by molar-refractivity contribution is -0.107. The molecule has 21 heavy (non-hydrogen) atoms. The minimum absolute atomic E-state index is 0.0650. The Balaban J connectivity index is 2.29. The van der Waals surface area contributed by atoms with Crippen LogP contribution in [0.4, 0.5) is 0 Å². The van der Waals surface area contributed by atoms with Crippen LogP contribution in [-0.2, 0) is 24.5 Å². The highest BCUT2D eigenvalue weighted by Gasteiger charge is 2.37. The van der Waals surface area contributed by atoms with Crippen LogP contribution in [-0.4, -0.2) is 34.1 Å². The fourth-order valence-corrected chi connectivity index (χ4v) is 6.21. The molecule has 2 rings (SSSR count). The van der Waals surface area contributed by atoms with Gasteiger partial charge in [0.25, 0.3) is 0 Å². The number of carbonyl (C=O) groups excluding carboxylic acids is 1. The molecule has 1 unspecified atom stereocenters. The van der Waals surface area contributed by atoms with Gasteiger partial charge in [-0.3, -0.25) is 0 Å². The first kappa shape index (κ1) is 15.9. The normalized spacial score (nSPS) is 21.0. The fraction of sp³-hybridized carbons (Fsp3) is 0.357. The van der Waals surface area contributed by atoms with E-state index in [0.29, 0.717) is 6.42 Å². The van der Waals surface area contributed by atoms with Gasteiger partial charge in [-0.05, 0) is 25.0 Å². The zero-order valence-corrected chi connectivity index (χ0v) is 12.9. The Morgan fingerprint density at radius 2 is 1.86 bits per heavy atom. The van der Waals surface area contributed by atoms with Crippen molar-refractivity contribution in [1.82, 2.24) is 0 Å². The predicted octanol–water partition coefficient (Wildman–Crippen LogP) is 1.51. The van der Waals surface area contributed by atoms with E-state index in [0.717, 1.165) is 6.29 Å². The van der Waals surface area contributed by atoms with Crippen LogP contribution < -0.4 is 0 Å². The molecule has 0 fully saturated rings. The van der Waals surface area contributed by atoms with E-state index in [1.165, 1.54) is 18.2 Å². The maximum absolute atomic E-state index is 12.4. The van der Waals surface area contributed by atoms with Crippen molar-refractivity contribution in [3.63, 3.8) is 0 Å². The van der Waals surface area contributed by atoms with Gasteiger partial charge in [-0.15, -0.1) is 0 Å². The number of carbonyl (C=O) groups is 1. The number of hydrogen-bond donors (Lipinski definition) is 0. The lowest BCUT2D eigenvalue weighted by Crippen LogP contribution is -2.17. The summed E-state index contributed by atoms with van der Waals surface area (Å²) in [4.78, 5) is 10.3. The van der Waals surface area contributed by atoms with Crippen LogP contribution in [0.15, 0.2) is 46.2 Å². The van der Waals surface area contributed by atoms with Crippen molar-refractivity contribution < 1.29 is 21.6 Å². The third-order valence-corrected chi connectivity index (χ3v) is 7.44. The van der Waals surface area contributed by atoms with Gasteiger partial charge in [0.05, 0.1) is 20.8 Å². The largest absolute Gasteiger partial charge is 0.303 e. The molecule has 1 atom stereocenters. The van der Waals surface area contributed by atoms with E-state index < -0.39 is 30.7 Å². The number of unbranched alkanes of at least 4 members (excludes halogenated alkanes) is 1. The van der Waals surface area contributed by atoms with Gasteiger partial charge < -0.3 is 4.79 Å². The average Bonchev–Trinajstić information content (AvgIpc) is 2.76. The molecule has 0 N–H and O–H groups in total. The summed E-state index contributed by atoms with van der Waals surface area (Å²) < 4.78 is 48.9. The minimum atomic E-state index is -3.76. The number of aldehydes is 1. The summed E-state index contributed by atoms with van der Waals surface area (Å²) in [6.07, 6.45) is 3.04. The summed E-state index contributed by atoms with van der Waals surface area (Å²) in [5.74, 6) is -0.462. The number of hydrogen-bond acceptors (Lipinski definition) is 5. The van der Waals surface area contributed by atoms with Crippen molar-refractivity contribution in [2.45, 2.75) is 29.4 Å². The highest BCUT2D eigenvalue weighted by Crippen LogP contribution is 2.30. The second-order valence-electron chi connectivity index (χ2n) is 4.89. The SMILES string of the molecule is O=CCCCC1C=C(S(=O)(=O)c2ccccc2)CS1(=O)=O. The van der Waals surface area contributed by atoms with Gasteiger partial charge in [-0.1, -0.05) is 24.3 Å². The van der Waals surface area contributed by atoms with Crippen LogP contribution in [0, 0.1) is 0 Å². The average molecular weight is 328 g/mol. The highest BCUT2D eigenvalue weighted by molar-refractivity contribution is 7.99. The van der Waals surface area contributed by atoms with Gasteiger partial charge in [0.2, 0.25) is 9.84 Å². The van der Waals surface area contributed by atoms with Crippen molar-refractivity contribution >= 4 is 26.0 Å². The maximum Gasteiger partial charge on any atom is 0.203 e. The molecule has 1 aromatic rings. The summed E-state index contributed by atoms with van der Waals surface area (Å²) in [6, 6.07) is 7.78. The molecule has 0 saturated carbocycles. The molecule has 0 spiro atoms. The van der Waals surface area contributed by atoms with E-state index in [9.17, 15) is 21.6 Å². The summed E-state index contributed by atoms with van der Waals surface area (Å²) in [6.45, 7) is 0. The summed E-state index contributed by atoms with van der Waals surface area (Å²) in [7, 11) is -7.26. The molecule has 7 heteroatoms. The van der Waals surface area contributed by atoms with Gasteiger partial charge in [0, 0.05) is 6.42 Å². The predicted molar refractivity (Wildman–Crippen MR) is 79.2 cm³/mol. The molecule has 0 aliphatic carbocycles. The Labute approximate surface area is 124 Å². The van der Waals surface area contributed by atoms with Crippen LogP contribution in [0.5, 0.6) is 0 Å². The topological polar surface area (TPSA) is 85.3 Å². The third-order valence-electron chi connectivity index (χ3n) is 3.39. The van der Waals surface area contributed by atoms with E-state index in [1.54, 1.807) is 18.2 Å². The molecule has 0 amide bonds. The zero-order valence-electron chi connectivity index (χ0n) is 11.3. The molecule has 5 nitrogen and oxygen atoms in total. The Bertz CT molecular complexity index is 746. The summed E-state index contributed by atoms with van der Waals surface area (Å²) in [5, 5.41) is -0.814. The molecule has 1 aliphatic heterocycles.